The molecule has 0 saturated carbocycles. The highest BCUT2D eigenvalue weighted by Gasteiger charge is 2.20. The number of rotatable bonds is 3. The summed E-state index contributed by atoms with van der Waals surface area (Å²) in [6.07, 6.45) is 4.88. The van der Waals surface area contributed by atoms with Gasteiger partial charge in [-0.3, -0.25) is 0 Å². The van der Waals surface area contributed by atoms with E-state index >= 15 is 0 Å². The summed E-state index contributed by atoms with van der Waals surface area (Å²) in [5, 5.41) is 7.24. The quantitative estimate of drug-likeness (QED) is 0.452. The average Bonchev–Trinajstić information content (AvgIpc) is 3.32. The van der Waals surface area contributed by atoms with Gasteiger partial charge in [-0.2, -0.15) is 0 Å². The normalized spacial score (nSPS) is 17.2. The predicted molar refractivity (Wildman–Crippen MR) is 112 cm³/mol. The SMILES string of the molecule is CC1NCCC=C1c1cc2c(Nc3c(F)cc4scnc4c3F)ccnc2s1. The van der Waals surface area contributed by atoms with E-state index in [4.69, 9.17) is 0 Å². The smallest absolute Gasteiger partial charge is 0.176 e. The second-order valence-electron chi connectivity index (χ2n) is 6.68. The Hall–Kier alpha value is -2.42. The van der Waals surface area contributed by atoms with Crippen molar-refractivity contribution in [3.8, 4) is 0 Å². The third-order valence-corrected chi connectivity index (χ3v) is 6.79. The fourth-order valence-corrected chi connectivity index (χ4v) is 5.35. The van der Waals surface area contributed by atoms with Crippen molar-refractivity contribution in [1.29, 1.82) is 0 Å². The van der Waals surface area contributed by atoms with E-state index in [1.165, 1.54) is 28.5 Å². The van der Waals surface area contributed by atoms with Crippen molar-refractivity contribution in [1.82, 2.24) is 15.3 Å². The molecule has 4 aromatic rings. The Morgan fingerprint density at radius 3 is 3.00 bits per heavy atom. The average molecular weight is 415 g/mol. The molecule has 0 saturated heterocycles. The van der Waals surface area contributed by atoms with E-state index in [0.717, 1.165) is 28.1 Å². The monoisotopic (exact) mass is 414 g/mol. The number of nitrogens with one attached hydrogen (secondary N) is 2. The molecule has 2 N–H and O–H groups in total. The van der Waals surface area contributed by atoms with Crippen molar-refractivity contribution in [2.45, 2.75) is 19.4 Å². The van der Waals surface area contributed by atoms with E-state index in [0.29, 0.717) is 10.4 Å². The van der Waals surface area contributed by atoms with Gasteiger partial charge in [0.2, 0.25) is 0 Å². The summed E-state index contributed by atoms with van der Waals surface area (Å²) in [4.78, 5) is 10.4. The zero-order valence-corrected chi connectivity index (χ0v) is 16.6. The van der Waals surface area contributed by atoms with E-state index in [-0.39, 0.29) is 17.2 Å². The second kappa shape index (κ2) is 6.88. The Bertz CT molecular complexity index is 1230. The van der Waals surface area contributed by atoms with Gasteiger partial charge in [0.1, 0.15) is 16.0 Å². The minimum Gasteiger partial charge on any atom is -0.350 e. The number of aromatic nitrogens is 2. The van der Waals surface area contributed by atoms with Crippen molar-refractivity contribution in [3.63, 3.8) is 0 Å². The predicted octanol–water partition coefficient (Wildman–Crippen LogP) is 5.69. The Balaban J connectivity index is 1.59. The summed E-state index contributed by atoms with van der Waals surface area (Å²) in [7, 11) is 0. The van der Waals surface area contributed by atoms with Crippen LogP contribution in [0.1, 0.15) is 18.2 Å². The van der Waals surface area contributed by atoms with Crippen LogP contribution in [0.25, 0.3) is 26.0 Å². The number of nitrogens with zero attached hydrogens (tertiary/aromatic N) is 2. The van der Waals surface area contributed by atoms with Crippen LogP contribution in [0.15, 0.2) is 36.0 Å². The topological polar surface area (TPSA) is 49.8 Å². The van der Waals surface area contributed by atoms with Crippen molar-refractivity contribution in [2.75, 3.05) is 11.9 Å². The first-order valence-corrected chi connectivity index (χ1v) is 10.6. The number of thiophene rings is 1. The molecule has 28 heavy (non-hydrogen) atoms. The van der Waals surface area contributed by atoms with E-state index in [9.17, 15) is 8.78 Å². The zero-order valence-electron chi connectivity index (χ0n) is 14.9. The van der Waals surface area contributed by atoms with E-state index in [1.54, 1.807) is 23.6 Å². The number of pyridine rings is 1. The van der Waals surface area contributed by atoms with Gasteiger partial charge in [-0.25, -0.2) is 18.7 Å². The molecular weight excluding hydrogens is 398 g/mol. The molecule has 0 amide bonds. The van der Waals surface area contributed by atoms with Gasteiger partial charge in [0.25, 0.3) is 0 Å². The van der Waals surface area contributed by atoms with Crippen LogP contribution in [0.5, 0.6) is 0 Å². The minimum absolute atomic E-state index is 0.178. The summed E-state index contributed by atoms with van der Waals surface area (Å²) in [6.45, 7) is 3.11. The van der Waals surface area contributed by atoms with Crippen LogP contribution in [0.3, 0.4) is 0 Å². The van der Waals surface area contributed by atoms with Gasteiger partial charge in [-0.1, -0.05) is 6.08 Å². The number of benzene rings is 1. The fraction of sp³-hybridized carbons (Fsp3) is 0.200. The second-order valence-corrected chi connectivity index (χ2v) is 8.60. The molecule has 0 radical (unpaired) electrons. The highest BCUT2D eigenvalue weighted by atomic mass is 32.1. The fourth-order valence-electron chi connectivity index (χ4n) is 3.50. The van der Waals surface area contributed by atoms with E-state index < -0.39 is 11.6 Å². The van der Waals surface area contributed by atoms with Gasteiger partial charge in [-0.15, -0.1) is 22.7 Å². The molecule has 3 aromatic heterocycles. The Morgan fingerprint density at radius 1 is 1.25 bits per heavy atom. The number of hydrogen-bond donors (Lipinski definition) is 2. The lowest BCUT2D eigenvalue weighted by Crippen LogP contribution is -2.30. The van der Waals surface area contributed by atoms with Crippen molar-refractivity contribution >= 4 is 60.1 Å². The van der Waals surface area contributed by atoms with Gasteiger partial charge in [0.15, 0.2) is 11.6 Å². The molecule has 4 nitrogen and oxygen atoms in total. The van der Waals surface area contributed by atoms with Crippen molar-refractivity contribution in [2.24, 2.45) is 0 Å². The highest BCUT2D eigenvalue weighted by Crippen LogP contribution is 2.38. The standard InChI is InChI=1S/C20H16F2N4S2/c1-10-11(3-2-5-23-10)15-7-12-14(4-6-24-20(12)28-15)26-18-13(21)8-16-19(17(18)22)25-9-27-16/h3-4,6-10,23H,2,5H2,1H3,(H,24,26). The Labute approximate surface area is 167 Å². The van der Waals surface area contributed by atoms with E-state index in [1.807, 2.05) is 6.07 Å². The molecule has 1 aliphatic rings. The molecule has 1 atom stereocenters. The van der Waals surface area contributed by atoms with Gasteiger partial charge in [0.05, 0.1) is 15.9 Å². The zero-order chi connectivity index (χ0) is 19.3. The summed E-state index contributed by atoms with van der Waals surface area (Å²) in [5.41, 5.74) is 3.36. The summed E-state index contributed by atoms with van der Waals surface area (Å²) in [5.74, 6) is -1.31. The molecule has 0 aliphatic carbocycles. The maximum absolute atomic E-state index is 14.8. The van der Waals surface area contributed by atoms with Crippen LogP contribution >= 0.6 is 22.7 Å². The van der Waals surface area contributed by atoms with Gasteiger partial charge in [-0.05, 0) is 43.7 Å². The summed E-state index contributed by atoms with van der Waals surface area (Å²) < 4.78 is 29.8. The van der Waals surface area contributed by atoms with Crippen LogP contribution in [-0.4, -0.2) is 22.6 Å². The third kappa shape index (κ3) is 2.88. The third-order valence-electron chi connectivity index (χ3n) is 4.92. The molecule has 1 aliphatic heterocycles. The minimum atomic E-state index is -0.676. The molecule has 1 aromatic carbocycles. The Morgan fingerprint density at radius 2 is 2.14 bits per heavy atom. The highest BCUT2D eigenvalue weighted by molar-refractivity contribution is 7.19. The number of anilines is 2. The molecule has 8 heteroatoms. The molecule has 4 heterocycles. The number of halogens is 2. The summed E-state index contributed by atoms with van der Waals surface area (Å²) >= 11 is 2.80. The molecule has 142 valence electrons. The van der Waals surface area contributed by atoms with Gasteiger partial charge >= 0.3 is 0 Å². The first kappa shape index (κ1) is 17.7. The van der Waals surface area contributed by atoms with Crippen LogP contribution in [0.2, 0.25) is 0 Å². The first-order valence-electron chi connectivity index (χ1n) is 8.92. The van der Waals surface area contributed by atoms with Crippen LogP contribution in [0.4, 0.5) is 20.2 Å². The van der Waals surface area contributed by atoms with Crippen molar-refractivity contribution < 1.29 is 8.78 Å². The number of hydrogen-bond acceptors (Lipinski definition) is 6. The van der Waals surface area contributed by atoms with Crippen LogP contribution in [0, 0.1) is 11.6 Å². The Kier molecular flexibility index (Phi) is 4.34. The molecule has 5 rings (SSSR count). The lowest BCUT2D eigenvalue weighted by atomic mass is 10.0. The summed E-state index contributed by atoms with van der Waals surface area (Å²) in [6, 6.07) is 5.36. The molecule has 0 spiro atoms. The molecule has 0 fully saturated rings. The first-order chi connectivity index (χ1) is 13.6. The van der Waals surface area contributed by atoms with Crippen LogP contribution in [-0.2, 0) is 0 Å². The largest absolute Gasteiger partial charge is 0.350 e. The number of thiazole rings is 1. The molecule has 0 bridgehead atoms. The van der Waals surface area contributed by atoms with Gasteiger partial charge in [0, 0.05) is 22.5 Å². The van der Waals surface area contributed by atoms with Gasteiger partial charge < -0.3 is 10.6 Å². The molecular formula is C20H16F2N4S2. The lowest BCUT2D eigenvalue weighted by molar-refractivity contribution is 0.598. The van der Waals surface area contributed by atoms with E-state index in [2.05, 4.69) is 33.6 Å². The maximum atomic E-state index is 14.8. The number of fused-ring (bicyclic) bond motifs is 2. The lowest BCUT2D eigenvalue weighted by Gasteiger charge is -2.21. The van der Waals surface area contributed by atoms with Crippen molar-refractivity contribution in [3.05, 3.63) is 52.5 Å². The molecule has 1 unspecified atom stereocenters. The van der Waals surface area contributed by atoms with Crippen LogP contribution < -0.4 is 10.6 Å². The maximum Gasteiger partial charge on any atom is 0.176 e.